The number of nitriles is 1. The summed E-state index contributed by atoms with van der Waals surface area (Å²) in [4.78, 5) is 11.3. The Morgan fingerprint density at radius 2 is 2.15 bits per heavy atom. The number of rotatable bonds is 3. The van der Waals surface area contributed by atoms with Crippen LogP contribution in [-0.2, 0) is 10.3 Å². The van der Waals surface area contributed by atoms with Crippen LogP contribution in [0.1, 0.15) is 34.4 Å². The number of benzene rings is 1. The van der Waals surface area contributed by atoms with Gasteiger partial charge in [-0.05, 0) is 36.8 Å². The Bertz CT molecular complexity index is 679. The van der Waals surface area contributed by atoms with Crippen LogP contribution in [0, 0.1) is 11.3 Å². The summed E-state index contributed by atoms with van der Waals surface area (Å²) in [5.41, 5.74) is -0.510. The topological polar surface area (TPSA) is 83.5 Å². The molecule has 0 aliphatic carbocycles. The molecule has 20 heavy (non-hydrogen) atoms. The minimum Gasteiger partial charge on any atom is -0.463 e. The Morgan fingerprint density at radius 3 is 2.80 bits per heavy atom. The SMILES string of the molecule is COC(=O)c1ccc(C(C)(O)c2cccc(C#N)c2)o1. The van der Waals surface area contributed by atoms with Crippen molar-refractivity contribution in [2.24, 2.45) is 0 Å². The van der Waals surface area contributed by atoms with Crippen molar-refractivity contribution in [2.75, 3.05) is 7.11 Å². The third-order valence-corrected chi connectivity index (χ3v) is 3.03. The van der Waals surface area contributed by atoms with Gasteiger partial charge in [0.1, 0.15) is 11.4 Å². The van der Waals surface area contributed by atoms with E-state index >= 15 is 0 Å². The lowest BCUT2D eigenvalue weighted by molar-refractivity contribution is 0.0522. The molecule has 1 atom stereocenters. The Hall–Kier alpha value is -2.58. The van der Waals surface area contributed by atoms with Gasteiger partial charge < -0.3 is 14.3 Å². The predicted molar refractivity (Wildman–Crippen MR) is 69.9 cm³/mol. The number of methoxy groups -OCH3 is 1. The Morgan fingerprint density at radius 1 is 1.40 bits per heavy atom. The average molecular weight is 271 g/mol. The van der Waals surface area contributed by atoms with Gasteiger partial charge in [-0.1, -0.05) is 12.1 Å². The molecule has 5 nitrogen and oxygen atoms in total. The van der Waals surface area contributed by atoms with E-state index in [4.69, 9.17) is 9.68 Å². The molecule has 2 rings (SSSR count). The molecule has 1 aromatic carbocycles. The number of carbonyl (C=O) groups excluding carboxylic acids is 1. The zero-order valence-corrected chi connectivity index (χ0v) is 11.1. The summed E-state index contributed by atoms with van der Waals surface area (Å²) in [6, 6.07) is 11.5. The second kappa shape index (κ2) is 5.19. The summed E-state index contributed by atoms with van der Waals surface area (Å²) < 4.78 is 9.87. The highest BCUT2D eigenvalue weighted by molar-refractivity contribution is 5.86. The van der Waals surface area contributed by atoms with Crippen LogP contribution in [-0.4, -0.2) is 18.2 Å². The second-order valence-electron chi connectivity index (χ2n) is 4.42. The van der Waals surface area contributed by atoms with Crippen molar-refractivity contribution in [2.45, 2.75) is 12.5 Å². The van der Waals surface area contributed by atoms with E-state index in [1.807, 2.05) is 6.07 Å². The molecule has 5 heteroatoms. The van der Waals surface area contributed by atoms with Crippen LogP contribution < -0.4 is 0 Å². The fourth-order valence-electron chi connectivity index (χ4n) is 1.84. The van der Waals surface area contributed by atoms with Gasteiger partial charge in [0.15, 0.2) is 0 Å². The maximum atomic E-state index is 11.3. The van der Waals surface area contributed by atoms with Crippen LogP contribution in [0.4, 0.5) is 0 Å². The summed E-state index contributed by atoms with van der Waals surface area (Å²) in [6.07, 6.45) is 0. The van der Waals surface area contributed by atoms with Crippen LogP contribution in [0.25, 0.3) is 0 Å². The van der Waals surface area contributed by atoms with Gasteiger partial charge in [-0.15, -0.1) is 0 Å². The second-order valence-corrected chi connectivity index (χ2v) is 4.42. The maximum absolute atomic E-state index is 11.3. The number of aliphatic hydroxyl groups is 1. The first-order valence-electron chi connectivity index (χ1n) is 5.90. The number of hydrogen-bond acceptors (Lipinski definition) is 5. The lowest BCUT2D eigenvalue weighted by atomic mass is 9.92. The zero-order valence-electron chi connectivity index (χ0n) is 11.1. The first-order chi connectivity index (χ1) is 9.48. The molecule has 0 aliphatic heterocycles. The Balaban J connectivity index is 2.41. The summed E-state index contributed by atoms with van der Waals surface area (Å²) in [5.74, 6) is -0.398. The average Bonchev–Trinajstić information content (AvgIpc) is 2.97. The van der Waals surface area contributed by atoms with Crippen molar-refractivity contribution in [3.05, 3.63) is 59.0 Å². The molecular weight excluding hydrogens is 258 g/mol. The first-order valence-corrected chi connectivity index (χ1v) is 5.90. The monoisotopic (exact) mass is 271 g/mol. The number of hydrogen-bond donors (Lipinski definition) is 1. The molecule has 2 aromatic rings. The molecule has 1 N–H and O–H groups in total. The van der Waals surface area contributed by atoms with Gasteiger partial charge in [-0.25, -0.2) is 4.79 Å². The van der Waals surface area contributed by atoms with Crippen molar-refractivity contribution in [3.8, 4) is 6.07 Å². The molecule has 0 bridgehead atoms. The third-order valence-electron chi connectivity index (χ3n) is 3.03. The molecule has 1 unspecified atom stereocenters. The molecule has 1 aromatic heterocycles. The smallest absolute Gasteiger partial charge is 0.373 e. The third kappa shape index (κ3) is 2.42. The van der Waals surface area contributed by atoms with E-state index in [1.54, 1.807) is 24.3 Å². The van der Waals surface area contributed by atoms with E-state index in [9.17, 15) is 9.90 Å². The standard InChI is InChI=1S/C15H13NO4/c1-15(18,11-5-3-4-10(8-11)9-16)13-7-6-12(20-13)14(17)19-2/h3-8,18H,1-2H3. The van der Waals surface area contributed by atoms with Gasteiger partial charge in [-0.3, -0.25) is 0 Å². The van der Waals surface area contributed by atoms with Gasteiger partial charge in [-0.2, -0.15) is 5.26 Å². The van der Waals surface area contributed by atoms with E-state index in [2.05, 4.69) is 4.74 Å². The molecule has 0 aliphatic rings. The van der Waals surface area contributed by atoms with Gasteiger partial charge in [0, 0.05) is 0 Å². The number of nitrogens with zero attached hydrogens (tertiary/aromatic N) is 1. The molecule has 102 valence electrons. The molecule has 0 saturated heterocycles. The van der Waals surface area contributed by atoms with E-state index in [0.717, 1.165) is 0 Å². The lowest BCUT2D eigenvalue weighted by Crippen LogP contribution is -2.22. The van der Waals surface area contributed by atoms with Crippen LogP contribution in [0.5, 0.6) is 0 Å². The Kier molecular flexibility index (Phi) is 3.59. The van der Waals surface area contributed by atoms with Crippen molar-refractivity contribution in [3.63, 3.8) is 0 Å². The van der Waals surface area contributed by atoms with Crippen LogP contribution in [0.15, 0.2) is 40.8 Å². The highest BCUT2D eigenvalue weighted by atomic mass is 16.5. The van der Waals surface area contributed by atoms with Crippen LogP contribution in [0.3, 0.4) is 0 Å². The van der Waals surface area contributed by atoms with Crippen LogP contribution >= 0.6 is 0 Å². The van der Waals surface area contributed by atoms with Crippen LogP contribution in [0.2, 0.25) is 0 Å². The predicted octanol–water partition coefficient (Wildman–Crippen LogP) is 2.19. The molecule has 0 saturated carbocycles. The van der Waals surface area contributed by atoms with Crippen molar-refractivity contribution < 1.29 is 19.1 Å². The summed E-state index contributed by atoms with van der Waals surface area (Å²) in [6.45, 7) is 1.53. The fourth-order valence-corrected chi connectivity index (χ4v) is 1.84. The quantitative estimate of drug-likeness (QED) is 0.865. The highest BCUT2D eigenvalue weighted by Gasteiger charge is 2.30. The fraction of sp³-hybridized carbons (Fsp3) is 0.200. The number of carbonyl (C=O) groups is 1. The van der Waals surface area contributed by atoms with Crippen molar-refractivity contribution in [1.29, 1.82) is 5.26 Å². The summed E-state index contributed by atoms with van der Waals surface area (Å²) >= 11 is 0. The zero-order chi connectivity index (χ0) is 14.8. The maximum Gasteiger partial charge on any atom is 0.373 e. The van der Waals surface area contributed by atoms with Gasteiger partial charge in [0.05, 0.1) is 18.7 Å². The first kappa shape index (κ1) is 13.8. The van der Waals surface area contributed by atoms with E-state index in [1.165, 1.54) is 26.2 Å². The molecule has 0 fully saturated rings. The summed E-state index contributed by atoms with van der Waals surface area (Å²) in [7, 11) is 1.25. The largest absolute Gasteiger partial charge is 0.463 e. The van der Waals surface area contributed by atoms with E-state index in [-0.39, 0.29) is 11.5 Å². The van der Waals surface area contributed by atoms with Crippen molar-refractivity contribution >= 4 is 5.97 Å². The highest BCUT2D eigenvalue weighted by Crippen LogP contribution is 2.31. The number of esters is 1. The van der Waals surface area contributed by atoms with Gasteiger partial charge in [0.25, 0.3) is 0 Å². The summed E-state index contributed by atoms with van der Waals surface area (Å²) in [5, 5.41) is 19.5. The minimum absolute atomic E-state index is 0.0132. The van der Waals surface area contributed by atoms with Crippen molar-refractivity contribution in [1.82, 2.24) is 0 Å². The molecular formula is C15H13NO4. The molecule has 1 heterocycles. The van der Waals surface area contributed by atoms with E-state index in [0.29, 0.717) is 11.1 Å². The molecule has 0 amide bonds. The molecule has 0 spiro atoms. The Labute approximate surface area is 116 Å². The van der Waals surface area contributed by atoms with E-state index < -0.39 is 11.6 Å². The van der Waals surface area contributed by atoms with Gasteiger partial charge in [0.2, 0.25) is 5.76 Å². The number of ether oxygens (including phenoxy) is 1. The lowest BCUT2D eigenvalue weighted by Gasteiger charge is -2.21. The molecule has 0 radical (unpaired) electrons. The normalized spacial score (nSPS) is 13.3. The van der Waals surface area contributed by atoms with Gasteiger partial charge >= 0.3 is 5.97 Å². The number of furan rings is 1. The minimum atomic E-state index is -1.45.